The molecule has 0 saturated carbocycles. The summed E-state index contributed by atoms with van der Waals surface area (Å²) in [6, 6.07) is 15.4. The van der Waals surface area contributed by atoms with E-state index in [0.29, 0.717) is 68.8 Å². The molecule has 58 heavy (non-hydrogen) atoms. The summed E-state index contributed by atoms with van der Waals surface area (Å²) in [5.74, 6) is -0.338. The first-order chi connectivity index (χ1) is 27.9. The van der Waals surface area contributed by atoms with Gasteiger partial charge in [-0.05, 0) is 79.6 Å². The Morgan fingerprint density at radius 2 is 1.38 bits per heavy atom. The van der Waals surface area contributed by atoms with Crippen molar-refractivity contribution in [2.45, 2.75) is 57.6 Å². The Balaban J connectivity index is 0.976. The molecule has 310 valence electrons. The molecule has 12 N–H and O–H groups in total. The SMILES string of the molecule is CCNC(=O)[C@H]1OC(n2cnc3c(N)nc(NCCc4ccc(CCC(=O)NCCNC(=S)Nc5ccc(NC(=S)NCCNC(C)=O)cc5)cc4)nc32)[C@@H](O)C1O. The Morgan fingerprint density at radius 3 is 1.98 bits per heavy atom. The fraction of sp³-hybridized carbons (Fsp3) is 0.405. The number of nitrogens with one attached hydrogen (secondary N) is 8. The van der Waals surface area contributed by atoms with Crippen LogP contribution in [0.4, 0.5) is 23.1 Å². The number of nitrogen functional groups attached to an aromatic ring is 1. The van der Waals surface area contributed by atoms with Crippen molar-refractivity contribution in [1.82, 2.24) is 46.1 Å². The maximum atomic E-state index is 12.5. The summed E-state index contributed by atoms with van der Waals surface area (Å²) >= 11 is 10.6. The predicted octanol–water partition coefficient (Wildman–Crippen LogP) is 0.276. The number of likely N-dealkylation sites (N-methyl/N-ethyl adjacent to an activating group) is 1. The van der Waals surface area contributed by atoms with Gasteiger partial charge in [0.1, 0.15) is 17.7 Å². The van der Waals surface area contributed by atoms with Crippen molar-refractivity contribution in [3.8, 4) is 0 Å². The molecule has 1 aliphatic rings. The largest absolute Gasteiger partial charge is 0.387 e. The molecular formula is C37H49N13O6S2. The van der Waals surface area contributed by atoms with Gasteiger partial charge in [0.2, 0.25) is 17.8 Å². The second-order valence-electron chi connectivity index (χ2n) is 13.2. The average molecular weight is 836 g/mol. The summed E-state index contributed by atoms with van der Waals surface area (Å²) in [6.45, 7) is 5.87. The highest BCUT2D eigenvalue weighted by molar-refractivity contribution is 7.80. The number of carbonyl (C=O) groups is 3. The molecular weight excluding hydrogens is 787 g/mol. The predicted molar refractivity (Wildman–Crippen MR) is 228 cm³/mol. The quantitative estimate of drug-likeness (QED) is 0.0475. The van der Waals surface area contributed by atoms with Gasteiger partial charge in [0.15, 0.2) is 34.0 Å². The molecule has 4 aromatic rings. The van der Waals surface area contributed by atoms with Crippen LogP contribution in [0.3, 0.4) is 0 Å². The minimum Gasteiger partial charge on any atom is -0.387 e. The van der Waals surface area contributed by atoms with E-state index in [1.54, 1.807) is 6.92 Å². The third-order valence-electron chi connectivity index (χ3n) is 8.85. The van der Waals surface area contributed by atoms with Crippen LogP contribution in [0.25, 0.3) is 11.2 Å². The summed E-state index contributed by atoms with van der Waals surface area (Å²) in [4.78, 5) is 48.8. The van der Waals surface area contributed by atoms with Crippen LogP contribution in [0, 0.1) is 0 Å². The topological polar surface area (TPSA) is 267 Å². The van der Waals surface area contributed by atoms with E-state index in [2.05, 4.69) is 57.5 Å². The summed E-state index contributed by atoms with van der Waals surface area (Å²) in [5, 5.41) is 45.6. The zero-order valence-corrected chi connectivity index (χ0v) is 33.7. The number of aliphatic hydroxyl groups excluding tert-OH is 2. The maximum absolute atomic E-state index is 12.5. The van der Waals surface area contributed by atoms with E-state index in [1.807, 2.05) is 48.5 Å². The zero-order chi connectivity index (χ0) is 41.6. The second-order valence-corrected chi connectivity index (χ2v) is 14.1. The normalized spacial score (nSPS) is 17.2. The first kappa shape index (κ1) is 43.4. The van der Waals surface area contributed by atoms with Crippen LogP contribution >= 0.6 is 24.4 Å². The van der Waals surface area contributed by atoms with Gasteiger partial charge < -0.3 is 63.2 Å². The molecule has 0 radical (unpaired) electrons. The number of thiocarbonyl (C=S) groups is 2. The molecule has 19 nitrogen and oxygen atoms in total. The number of aliphatic hydroxyl groups is 2. The van der Waals surface area contributed by atoms with Gasteiger partial charge >= 0.3 is 0 Å². The van der Waals surface area contributed by atoms with Crippen molar-refractivity contribution < 1.29 is 29.3 Å². The number of rotatable bonds is 18. The van der Waals surface area contributed by atoms with E-state index in [4.69, 9.17) is 34.9 Å². The number of aromatic nitrogens is 4. The van der Waals surface area contributed by atoms with E-state index in [9.17, 15) is 24.6 Å². The van der Waals surface area contributed by atoms with Crippen LogP contribution in [-0.4, -0.2) is 115 Å². The lowest BCUT2D eigenvalue weighted by molar-refractivity contribution is -0.137. The van der Waals surface area contributed by atoms with E-state index in [1.165, 1.54) is 17.8 Å². The minimum atomic E-state index is -1.44. The summed E-state index contributed by atoms with van der Waals surface area (Å²) in [7, 11) is 0. The highest BCUT2D eigenvalue weighted by atomic mass is 32.1. The standard InChI is InChI=1S/C37H49N13O6S2/c1-3-39-33(55)30-28(53)29(54)34(56-30)50-20-45-27-31(38)48-35(49-32(27)50)42-15-14-23-6-4-22(5-7-23)8-13-26(52)41-17-19-44-37(58)47-25-11-9-24(10-12-25)46-36(57)43-18-16-40-21(2)51/h4-7,9-12,20,28-30,34,53-54H,3,8,13-19H2,1-2H3,(H,39,55)(H,40,51)(H,41,52)(H2,43,46,57)(H2,44,47,58)(H3,38,42,48,49)/t28?,29-,30-,34?/m0/s1. The van der Waals surface area contributed by atoms with Gasteiger partial charge in [-0.3, -0.25) is 19.0 Å². The molecule has 3 amide bonds. The lowest BCUT2D eigenvalue weighted by Gasteiger charge is -2.16. The number of fused-ring (bicyclic) bond motifs is 1. The minimum absolute atomic E-state index is 0.0656. The number of anilines is 4. The zero-order valence-electron chi connectivity index (χ0n) is 32.1. The second kappa shape index (κ2) is 21.1. The molecule has 0 bridgehead atoms. The van der Waals surface area contributed by atoms with Crippen molar-refractivity contribution in [3.05, 3.63) is 66.0 Å². The number of aryl methyl sites for hydroxylation is 1. The fourth-order valence-corrected chi connectivity index (χ4v) is 6.34. The van der Waals surface area contributed by atoms with Crippen molar-refractivity contribution in [1.29, 1.82) is 0 Å². The number of nitrogens with two attached hydrogens (primary N) is 1. The molecule has 1 aliphatic heterocycles. The summed E-state index contributed by atoms with van der Waals surface area (Å²) in [6.07, 6.45) is -2.28. The number of amides is 3. The van der Waals surface area contributed by atoms with Crippen LogP contribution in [-0.2, 0) is 32.0 Å². The number of benzene rings is 2. The Hall–Kier alpha value is -5.74. The van der Waals surface area contributed by atoms with Crippen LogP contribution in [0.5, 0.6) is 0 Å². The van der Waals surface area contributed by atoms with Gasteiger partial charge in [0.25, 0.3) is 5.91 Å². The lowest BCUT2D eigenvalue weighted by Crippen LogP contribution is -2.42. The molecule has 0 spiro atoms. The third-order valence-corrected chi connectivity index (χ3v) is 9.34. The Kier molecular flexibility index (Phi) is 15.8. The van der Waals surface area contributed by atoms with Gasteiger partial charge in [-0.1, -0.05) is 24.3 Å². The molecule has 0 aliphatic carbocycles. The monoisotopic (exact) mass is 835 g/mol. The third kappa shape index (κ3) is 12.4. The number of nitrogens with zero attached hydrogens (tertiary/aromatic N) is 4. The molecule has 2 aromatic carbocycles. The number of carbonyl (C=O) groups excluding carboxylic acids is 3. The first-order valence-electron chi connectivity index (χ1n) is 18.7. The number of imidazole rings is 1. The van der Waals surface area contributed by atoms with Crippen molar-refractivity contribution in [3.63, 3.8) is 0 Å². The molecule has 2 unspecified atom stereocenters. The van der Waals surface area contributed by atoms with Gasteiger partial charge in [0, 0.05) is 64.0 Å². The van der Waals surface area contributed by atoms with E-state index >= 15 is 0 Å². The summed E-state index contributed by atoms with van der Waals surface area (Å²) < 4.78 is 7.15. The van der Waals surface area contributed by atoms with Crippen molar-refractivity contribution in [2.24, 2.45) is 0 Å². The number of hydrogen-bond acceptors (Lipinski definition) is 13. The molecule has 1 fully saturated rings. The highest BCUT2D eigenvalue weighted by Gasteiger charge is 2.47. The lowest BCUT2D eigenvalue weighted by atomic mass is 10.1. The molecule has 21 heteroatoms. The smallest absolute Gasteiger partial charge is 0.252 e. The van der Waals surface area contributed by atoms with E-state index in [-0.39, 0.29) is 34.7 Å². The molecule has 4 atom stereocenters. The number of ether oxygens (including phenoxy) is 1. The van der Waals surface area contributed by atoms with Crippen LogP contribution < -0.4 is 48.3 Å². The van der Waals surface area contributed by atoms with E-state index < -0.39 is 30.4 Å². The van der Waals surface area contributed by atoms with Crippen molar-refractivity contribution in [2.75, 3.05) is 61.0 Å². The Morgan fingerprint density at radius 1 is 0.793 bits per heavy atom. The molecule has 5 rings (SSSR count). The fourth-order valence-electron chi connectivity index (χ4n) is 5.90. The molecule has 1 saturated heterocycles. The first-order valence-corrected chi connectivity index (χ1v) is 19.6. The van der Waals surface area contributed by atoms with Crippen molar-refractivity contribution >= 4 is 86.7 Å². The van der Waals surface area contributed by atoms with Crippen LogP contribution in [0.2, 0.25) is 0 Å². The molecule has 2 aromatic heterocycles. The van der Waals surface area contributed by atoms with E-state index in [0.717, 1.165) is 22.5 Å². The Labute approximate surface area is 345 Å². The molecule has 3 heterocycles. The van der Waals surface area contributed by atoms with Crippen LogP contribution in [0.15, 0.2) is 54.9 Å². The number of hydrogen-bond donors (Lipinski definition) is 11. The van der Waals surface area contributed by atoms with Gasteiger partial charge in [-0.15, -0.1) is 0 Å². The maximum Gasteiger partial charge on any atom is 0.252 e. The Bertz CT molecular complexity index is 2050. The van der Waals surface area contributed by atoms with Crippen LogP contribution in [0.1, 0.15) is 37.6 Å². The highest BCUT2D eigenvalue weighted by Crippen LogP contribution is 2.32. The van der Waals surface area contributed by atoms with Gasteiger partial charge in [-0.2, -0.15) is 9.97 Å². The van der Waals surface area contributed by atoms with Gasteiger partial charge in [0.05, 0.1) is 6.33 Å². The average Bonchev–Trinajstić information content (AvgIpc) is 3.75. The summed E-state index contributed by atoms with van der Waals surface area (Å²) in [5.41, 5.74) is 10.4. The van der Waals surface area contributed by atoms with Gasteiger partial charge in [-0.25, -0.2) is 4.98 Å².